The maximum Gasteiger partial charge on any atom is 0.325 e. The molecule has 118 valence electrons. The molecule has 1 aromatic carbocycles. The Bertz CT molecular complexity index is 625. The van der Waals surface area contributed by atoms with Crippen molar-refractivity contribution in [3.63, 3.8) is 0 Å². The summed E-state index contributed by atoms with van der Waals surface area (Å²) in [5.74, 6) is -0.622. The predicted molar refractivity (Wildman–Crippen MR) is 78.9 cm³/mol. The lowest BCUT2D eigenvalue weighted by Crippen LogP contribution is -2.31. The number of halogens is 1. The highest BCUT2D eigenvalue weighted by Gasteiger charge is 2.38. The quantitative estimate of drug-likeness (QED) is 0.489. The van der Waals surface area contributed by atoms with E-state index in [0.29, 0.717) is 12.2 Å². The number of hydrogen-bond acceptors (Lipinski definition) is 5. The number of carbonyl (C=O) groups is 2. The molecule has 1 heterocycles. The molecule has 1 atom stereocenters. The Labute approximate surface area is 130 Å². The van der Waals surface area contributed by atoms with Gasteiger partial charge in [-0.25, -0.2) is 9.18 Å². The summed E-state index contributed by atoms with van der Waals surface area (Å²) in [6.45, 7) is -0.455. The third kappa shape index (κ3) is 3.19. The van der Waals surface area contributed by atoms with Crippen LogP contribution >= 0.6 is 11.8 Å². The Morgan fingerprint density at radius 3 is 2.82 bits per heavy atom. The van der Waals surface area contributed by atoms with Crippen LogP contribution in [0.4, 0.5) is 14.9 Å². The van der Waals surface area contributed by atoms with Crippen LogP contribution in [0.15, 0.2) is 18.2 Å². The van der Waals surface area contributed by atoms with Crippen LogP contribution in [0.3, 0.4) is 0 Å². The van der Waals surface area contributed by atoms with Crippen molar-refractivity contribution in [1.82, 2.24) is 10.2 Å². The van der Waals surface area contributed by atoms with Gasteiger partial charge in [-0.05, 0) is 24.5 Å². The van der Waals surface area contributed by atoms with Crippen LogP contribution in [0, 0.1) is 15.9 Å². The highest BCUT2D eigenvalue weighted by atomic mass is 32.2. The molecule has 1 aromatic rings. The summed E-state index contributed by atoms with van der Waals surface area (Å²) in [5.41, 5.74) is -0.727. The first-order valence-electron chi connectivity index (χ1n) is 6.48. The Balaban J connectivity index is 2.22. The molecule has 3 amide bonds. The van der Waals surface area contributed by atoms with Gasteiger partial charge in [0.25, 0.3) is 11.6 Å². The standard InChI is InChI=1S/C13H14FN3O4S/c1-22-6-5-10-12(18)16(13(19)15-10)7-8-9(14)3-2-4-11(8)17(20)21/h2-4,10H,5-7H2,1H3,(H,15,19). The van der Waals surface area contributed by atoms with E-state index in [-0.39, 0.29) is 5.56 Å². The molecule has 1 N–H and O–H groups in total. The summed E-state index contributed by atoms with van der Waals surface area (Å²) in [6, 6.07) is 2.09. The van der Waals surface area contributed by atoms with Gasteiger partial charge < -0.3 is 5.32 Å². The van der Waals surface area contributed by atoms with Crippen LogP contribution in [0.25, 0.3) is 0 Å². The smallest absolute Gasteiger partial charge is 0.325 e. The minimum atomic E-state index is -0.817. The predicted octanol–water partition coefficient (Wildman–Crippen LogP) is 1.91. The zero-order valence-corrected chi connectivity index (χ0v) is 12.6. The number of amides is 3. The monoisotopic (exact) mass is 327 g/mol. The lowest BCUT2D eigenvalue weighted by molar-refractivity contribution is -0.385. The highest BCUT2D eigenvalue weighted by Crippen LogP contribution is 2.25. The number of nitro groups is 1. The van der Waals surface area contributed by atoms with Gasteiger partial charge in [-0.1, -0.05) is 6.07 Å². The number of urea groups is 1. The number of nitrogens with one attached hydrogen (secondary N) is 1. The molecule has 0 saturated carbocycles. The summed E-state index contributed by atoms with van der Waals surface area (Å²) in [7, 11) is 0. The normalized spacial score (nSPS) is 17.7. The summed E-state index contributed by atoms with van der Waals surface area (Å²) < 4.78 is 13.8. The van der Waals surface area contributed by atoms with E-state index in [2.05, 4.69) is 5.32 Å². The van der Waals surface area contributed by atoms with Gasteiger partial charge in [0, 0.05) is 6.07 Å². The molecule has 1 aliphatic heterocycles. The second-order valence-corrected chi connectivity index (χ2v) is 5.69. The lowest BCUT2D eigenvalue weighted by Gasteiger charge is -2.13. The lowest BCUT2D eigenvalue weighted by atomic mass is 10.1. The molecule has 0 bridgehead atoms. The van der Waals surface area contributed by atoms with Crippen molar-refractivity contribution >= 4 is 29.4 Å². The largest absolute Gasteiger partial charge is 0.326 e. The van der Waals surface area contributed by atoms with Crippen molar-refractivity contribution in [1.29, 1.82) is 0 Å². The van der Waals surface area contributed by atoms with Crippen molar-refractivity contribution in [3.8, 4) is 0 Å². The number of hydrogen-bond donors (Lipinski definition) is 1. The Morgan fingerprint density at radius 2 is 2.18 bits per heavy atom. The average molecular weight is 327 g/mol. The Kier molecular flexibility index (Phi) is 4.96. The first kappa shape index (κ1) is 16.2. The molecular weight excluding hydrogens is 313 g/mol. The first-order valence-corrected chi connectivity index (χ1v) is 7.87. The third-order valence-corrected chi connectivity index (χ3v) is 3.97. The van der Waals surface area contributed by atoms with Gasteiger partial charge >= 0.3 is 6.03 Å². The molecule has 0 spiro atoms. The van der Waals surface area contributed by atoms with E-state index in [1.807, 2.05) is 6.26 Å². The maximum atomic E-state index is 13.8. The molecule has 0 aliphatic carbocycles. The topological polar surface area (TPSA) is 92.6 Å². The van der Waals surface area contributed by atoms with E-state index in [4.69, 9.17) is 0 Å². The van der Waals surface area contributed by atoms with Gasteiger partial charge in [-0.2, -0.15) is 11.8 Å². The highest BCUT2D eigenvalue weighted by molar-refractivity contribution is 7.98. The summed E-state index contributed by atoms with van der Waals surface area (Å²) in [5, 5.41) is 13.5. The second-order valence-electron chi connectivity index (χ2n) is 4.70. The SMILES string of the molecule is CSCCC1NC(=O)N(Cc2c(F)cccc2[N+](=O)[O-])C1=O. The van der Waals surface area contributed by atoms with E-state index < -0.39 is 41.0 Å². The van der Waals surface area contributed by atoms with Crippen molar-refractivity contribution in [2.45, 2.75) is 19.0 Å². The van der Waals surface area contributed by atoms with Gasteiger partial charge in [0.2, 0.25) is 0 Å². The van der Waals surface area contributed by atoms with E-state index in [1.54, 1.807) is 0 Å². The molecule has 7 nitrogen and oxygen atoms in total. The molecule has 1 fully saturated rings. The molecule has 2 rings (SSSR count). The second kappa shape index (κ2) is 6.73. The zero-order chi connectivity index (χ0) is 16.3. The number of nitro benzene ring substituents is 1. The number of imide groups is 1. The van der Waals surface area contributed by atoms with Gasteiger partial charge in [-0.15, -0.1) is 0 Å². The number of benzene rings is 1. The van der Waals surface area contributed by atoms with Crippen LogP contribution in [0.1, 0.15) is 12.0 Å². The summed E-state index contributed by atoms with van der Waals surface area (Å²) in [4.78, 5) is 35.0. The summed E-state index contributed by atoms with van der Waals surface area (Å²) in [6.07, 6.45) is 2.34. The Hall–Kier alpha value is -2.16. The van der Waals surface area contributed by atoms with Gasteiger partial charge in [-0.3, -0.25) is 19.8 Å². The van der Waals surface area contributed by atoms with Crippen molar-refractivity contribution in [3.05, 3.63) is 39.7 Å². The number of thioether (sulfide) groups is 1. The summed E-state index contributed by atoms with van der Waals surface area (Å²) >= 11 is 1.53. The minimum absolute atomic E-state index is 0.276. The number of carbonyl (C=O) groups excluding carboxylic acids is 2. The van der Waals surface area contributed by atoms with Gasteiger partial charge in [0.05, 0.1) is 17.0 Å². The Morgan fingerprint density at radius 1 is 1.45 bits per heavy atom. The van der Waals surface area contributed by atoms with Crippen LogP contribution in [0.2, 0.25) is 0 Å². The van der Waals surface area contributed by atoms with E-state index in [9.17, 15) is 24.1 Å². The van der Waals surface area contributed by atoms with Crippen molar-refractivity contribution in [2.75, 3.05) is 12.0 Å². The molecule has 22 heavy (non-hydrogen) atoms. The molecule has 1 unspecified atom stereocenters. The molecule has 0 aromatic heterocycles. The zero-order valence-electron chi connectivity index (χ0n) is 11.7. The van der Waals surface area contributed by atoms with Crippen molar-refractivity contribution in [2.24, 2.45) is 0 Å². The fourth-order valence-electron chi connectivity index (χ4n) is 2.19. The third-order valence-electron chi connectivity index (χ3n) is 3.32. The molecular formula is C13H14FN3O4S. The fraction of sp³-hybridized carbons (Fsp3) is 0.385. The minimum Gasteiger partial charge on any atom is -0.326 e. The van der Waals surface area contributed by atoms with Crippen LogP contribution in [-0.2, 0) is 11.3 Å². The van der Waals surface area contributed by atoms with E-state index >= 15 is 0 Å². The maximum absolute atomic E-state index is 13.8. The van der Waals surface area contributed by atoms with Gasteiger partial charge in [0.1, 0.15) is 11.9 Å². The molecule has 1 saturated heterocycles. The van der Waals surface area contributed by atoms with Gasteiger partial charge in [0.15, 0.2) is 0 Å². The molecule has 0 radical (unpaired) electrons. The van der Waals surface area contributed by atoms with Crippen molar-refractivity contribution < 1.29 is 18.9 Å². The molecule has 1 aliphatic rings. The van der Waals surface area contributed by atoms with Crippen LogP contribution < -0.4 is 5.32 Å². The van der Waals surface area contributed by atoms with Crippen LogP contribution in [0.5, 0.6) is 0 Å². The first-order chi connectivity index (χ1) is 10.5. The average Bonchev–Trinajstić information content (AvgIpc) is 2.74. The number of rotatable bonds is 6. The van der Waals surface area contributed by atoms with E-state index in [0.717, 1.165) is 17.0 Å². The fourth-order valence-corrected chi connectivity index (χ4v) is 2.66. The van der Waals surface area contributed by atoms with E-state index in [1.165, 1.54) is 17.8 Å². The number of nitrogens with zero attached hydrogens (tertiary/aromatic N) is 2. The molecule has 9 heteroatoms. The van der Waals surface area contributed by atoms with Crippen LogP contribution in [-0.4, -0.2) is 39.8 Å².